The average molecular weight is 651 g/mol. The van der Waals surface area contributed by atoms with Crippen LogP contribution in [0.15, 0.2) is 73.8 Å². The third-order valence-electron chi connectivity index (χ3n) is 9.70. The van der Waals surface area contributed by atoms with Gasteiger partial charge in [0.2, 0.25) is 5.91 Å². The first-order valence-electron chi connectivity index (χ1n) is 15.8. The molecule has 6 atom stereocenters. The number of halogens is 1. The van der Waals surface area contributed by atoms with Crippen LogP contribution in [0.3, 0.4) is 0 Å². The number of hydrogen-bond acceptors (Lipinski definition) is 6. The second-order valence-corrected chi connectivity index (χ2v) is 14.9. The van der Waals surface area contributed by atoms with Gasteiger partial charge in [-0.15, -0.1) is 24.9 Å². The Bertz CT molecular complexity index is 1430. The highest BCUT2D eigenvalue weighted by atomic mass is 35.5. The normalized spacial score (nSPS) is 27.2. The second kappa shape index (κ2) is 13.7. The number of fused-ring (bicyclic) bond motifs is 1. The molecule has 3 aliphatic rings. The Hall–Kier alpha value is -3.07. The van der Waals surface area contributed by atoms with E-state index in [4.69, 9.17) is 16.3 Å². The Labute approximate surface area is 275 Å². The smallest absolute Gasteiger partial charge is 0.311 e. The van der Waals surface area contributed by atoms with Crippen molar-refractivity contribution in [3.8, 4) is 0 Å². The lowest BCUT2D eigenvalue weighted by Crippen LogP contribution is -2.58. The Balaban J connectivity index is 1.58. The molecule has 0 radical (unpaired) electrons. The molecule has 3 heterocycles. The Morgan fingerprint density at radius 3 is 2.58 bits per heavy atom. The SMILES string of the molecule is C=CCCCCOC(=O)[C@@H]1[C@H]2C(=O)N([C@@H](CO)Cc3ccccc3)C(C(=O)N(CC=C)c3c(C)cccc3Cl)C23CC[C@@]1(C)S3. The van der Waals surface area contributed by atoms with Crippen molar-refractivity contribution < 1.29 is 24.2 Å². The molecule has 240 valence electrons. The van der Waals surface area contributed by atoms with Crippen LogP contribution < -0.4 is 4.90 Å². The zero-order chi connectivity index (χ0) is 32.4. The number of anilines is 1. The zero-order valence-electron chi connectivity index (χ0n) is 26.1. The van der Waals surface area contributed by atoms with Gasteiger partial charge in [0.15, 0.2) is 0 Å². The monoisotopic (exact) mass is 650 g/mol. The van der Waals surface area contributed by atoms with Gasteiger partial charge in [-0.05, 0) is 69.6 Å². The molecule has 1 spiro atoms. The van der Waals surface area contributed by atoms with E-state index in [-0.39, 0.29) is 37.5 Å². The van der Waals surface area contributed by atoms with E-state index in [1.54, 1.807) is 33.7 Å². The maximum Gasteiger partial charge on any atom is 0.311 e. The molecule has 7 nitrogen and oxygen atoms in total. The van der Waals surface area contributed by atoms with E-state index in [1.165, 1.54) is 0 Å². The molecule has 3 fully saturated rings. The summed E-state index contributed by atoms with van der Waals surface area (Å²) in [6, 6.07) is 13.5. The number of hydrogen-bond donors (Lipinski definition) is 1. The number of thioether (sulfide) groups is 1. The molecule has 45 heavy (non-hydrogen) atoms. The summed E-state index contributed by atoms with van der Waals surface area (Å²) in [6.45, 7) is 11.7. The summed E-state index contributed by atoms with van der Waals surface area (Å²) >= 11 is 8.30. The molecule has 0 saturated carbocycles. The van der Waals surface area contributed by atoms with Gasteiger partial charge in [0.1, 0.15) is 6.04 Å². The van der Waals surface area contributed by atoms with Crippen LogP contribution in [0.4, 0.5) is 5.69 Å². The quantitative estimate of drug-likeness (QED) is 0.150. The van der Waals surface area contributed by atoms with E-state index in [9.17, 15) is 14.7 Å². The number of carbonyl (C=O) groups is 3. The largest absolute Gasteiger partial charge is 0.465 e. The van der Waals surface area contributed by atoms with Crippen molar-refractivity contribution >= 4 is 46.8 Å². The van der Waals surface area contributed by atoms with Crippen molar-refractivity contribution in [2.75, 3.05) is 24.7 Å². The molecular formula is C36H43ClN2O5S. The Morgan fingerprint density at radius 1 is 1.16 bits per heavy atom. The number of allylic oxidation sites excluding steroid dienone is 1. The van der Waals surface area contributed by atoms with E-state index in [0.29, 0.717) is 36.4 Å². The standard InChI is InChI=1S/C36H43ClN2O5S/c1-5-7-8-12-21-44-34(43)29-28-32(41)39(26(23-40)22-25-15-10-9-11-16-25)31(36(28)19-18-35(29,4)45-36)33(42)38(20-6-2)30-24(3)14-13-17-27(30)37/h5-6,9-11,13-17,26,28-29,31,40H,1-2,7-8,12,18-23H2,3-4H3/t26-,28+,29+,31?,35-,36?/m1/s1. The second-order valence-electron chi connectivity index (χ2n) is 12.6. The van der Waals surface area contributed by atoms with Crippen LogP contribution in [0.2, 0.25) is 5.02 Å². The minimum Gasteiger partial charge on any atom is -0.465 e. The van der Waals surface area contributed by atoms with Crippen LogP contribution >= 0.6 is 23.4 Å². The number of aliphatic hydroxyl groups excluding tert-OH is 1. The maximum absolute atomic E-state index is 15.1. The highest BCUT2D eigenvalue weighted by molar-refractivity contribution is 8.02. The number of aryl methyl sites for hydroxylation is 1. The van der Waals surface area contributed by atoms with Gasteiger partial charge in [0.05, 0.1) is 46.5 Å². The number of unbranched alkanes of at least 4 members (excludes halogenated alkanes) is 2. The molecule has 1 N–H and O–H groups in total. The van der Waals surface area contributed by atoms with E-state index < -0.39 is 33.4 Å². The molecular weight excluding hydrogens is 608 g/mol. The van der Waals surface area contributed by atoms with Gasteiger partial charge in [0.25, 0.3) is 5.91 Å². The number of esters is 1. The molecule has 0 aliphatic carbocycles. The topological polar surface area (TPSA) is 87.1 Å². The van der Waals surface area contributed by atoms with Crippen molar-refractivity contribution in [3.63, 3.8) is 0 Å². The summed E-state index contributed by atoms with van der Waals surface area (Å²) in [5, 5.41) is 11.2. The zero-order valence-corrected chi connectivity index (χ0v) is 27.7. The molecule has 9 heteroatoms. The predicted molar refractivity (Wildman–Crippen MR) is 180 cm³/mol. The van der Waals surface area contributed by atoms with Crippen LogP contribution in [-0.4, -0.2) is 69.1 Å². The highest BCUT2D eigenvalue weighted by Gasteiger charge is 2.78. The maximum atomic E-state index is 15.1. The lowest BCUT2D eigenvalue weighted by Gasteiger charge is -2.40. The first-order valence-corrected chi connectivity index (χ1v) is 16.9. The van der Waals surface area contributed by atoms with Crippen molar-refractivity contribution in [2.24, 2.45) is 11.8 Å². The summed E-state index contributed by atoms with van der Waals surface area (Å²) in [5.74, 6) is -2.40. The molecule has 2 aromatic rings. The summed E-state index contributed by atoms with van der Waals surface area (Å²) in [7, 11) is 0. The molecule has 2 bridgehead atoms. The molecule has 3 aliphatic heterocycles. The fraction of sp³-hybridized carbons (Fsp3) is 0.472. The van der Waals surface area contributed by atoms with E-state index in [2.05, 4.69) is 13.2 Å². The summed E-state index contributed by atoms with van der Waals surface area (Å²) in [5.41, 5.74) is 2.33. The number of carbonyl (C=O) groups excluding carboxylic acids is 3. The van der Waals surface area contributed by atoms with Crippen molar-refractivity contribution in [2.45, 2.75) is 74.0 Å². The number of ether oxygens (including phenoxy) is 1. The lowest BCUT2D eigenvalue weighted by atomic mass is 9.66. The van der Waals surface area contributed by atoms with E-state index in [0.717, 1.165) is 24.0 Å². The predicted octanol–water partition coefficient (Wildman–Crippen LogP) is 6.15. The molecule has 2 unspecified atom stereocenters. The van der Waals surface area contributed by atoms with Gasteiger partial charge in [-0.3, -0.25) is 14.4 Å². The first-order chi connectivity index (χ1) is 21.6. The van der Waals surface area contributed by atoms with Crippen molar-refractivity contribution in [1.82, 2.24) is 4.90 Å². The van der Waals surface area contributed by atoms with Crippen LogP contribution in [0.25, 0.3) is 0 Å². The minimum absolute atomic E-state index is 0.184. The molecule has 2 amide bonds. The molecule has 5 rings (SSSR count). The summed E-state index contributed by atoms with van der Waals surface area (Å²) in [6.07, 6.45) is 7.53. The van der Waals surface area contributed by atoms with Gasteiger partial charge < -0.3 is 19.6 Å². The average Bonchev–Trinajstić information content (AvgIpc) is 3.60. The number of nitrogens with zero attached hydrogens (tertiary/aromatic N) is 2. The van der Waals surface area contributed by atoms with Crippen LogP contribution in [-0.2, 0) is 25.5 Å². The molecule has 0 aromatic heterocycles. The van der Waals surface area contributed by atoms with Gasteiger partial charge in [-0.2, -0.15) is 0 Å². The van der Waals surface area contributed by atoms with Gasteiger partial charge in [0, 0.05) is 11.3 Å². The van der Waals surface area contributed by atoms with E-state index >= 15 is 4.79 Å². The molecule has 3 saturated heterocycles. The van der Waals surface area contributed by atoms with Crippen LogP contribution in [0.5, 0.6) is 0 Å². The van der Waals surface area contributed by atoms with Crippen LogP contribution in [0.1, 0.15) is 50.2 Å². The van der Waals surface area contributed by atoms with Crippen molar-refractivity contribution in [3.05, 3.63) is 90.0 Å². The van der Waals surface area contributed by atoms with Crippen molar-refractivity contribution in [1.29, 1.82) is 0 Å². The summed E-state index contributed by atoms with van der Waals surface area (Å²) < 4.78 is 4.39. The number of para-hydroxylation sites is 1. The number of rotatable bonds is 14. The first kappa shape index (κ1) is 33.3. The van der Waals surface area contributed by atoms with Gasteiger partial charge >= 0.3 is 5.97 Å². The van der Waals surface area contributed by atoms with Gasteiger partial charge in [-0.25, -0.2) is 0 Å². The fourth-order valence-corrected chi connectivity index (χ4v) is 10.4. The number of likely N-dealkylation sites (tertiary alicyclic amines) is 1. The summed E-state index contributed by atoms with van der Waals surface area (Å²) in [4.78, 5) is 46.9. The fourth-order valence-electron chi connectivity index (χ4n) is 7.72. The number of aliphatic hydroxyl groups is 1. The third-order valence-corrected chi connectivity index (χ3v) is 12.0. The van der Waals surface area contributed by atoms with Gasteiger partial charge in [-0.1, -0.05) is 66.2 Å². The van der Waals surface area contributed by atoms with E-state index in [1.807, 2.05) is 62.4 Å². The molecule has 2 aromatic carbocycles. The lowest BCUT2D eigenvalue weighted by molar-refractivity contribution is -0.156. The number of benzene rings is 2. The van der Waals surface area contributed by atoms with Crippen LogP contribution in [0, 0.1) is 18.8 Å². The third kappa shape index (κ3) is 5.97. The Morgan fingerprint density at radius 2 is 1.91 bits per heavy atom. The Kier molecular flexibility index (Phi) is 10.2. The highest BCUT2D eigenvalue weighted by Crippen LogP contribution is 2.72. The number of amides is 2. The minimum atomic E-state index is -0.927.